The second-order valence-corrected chi connectivity index (χ2v) is 4.52. The van der Waals surface area contributed by atoms with Crippen LogP contribution < -0.4 is 5.32 Å². The summed E-state index contributed by atoms with van der Waals surface area (Å²) in [6.07, 6.45) is 0. The Morgan fingerprint density at radius 3 is 2.80 bits per heavy atom. The highest BCUT2D eigenvalue weighted by molar-refractivity contribution is 5.90. The van der Waals surface area contributed by atoms with Crippen molar-refractivity contribution in [2.75, 3.05) is 5.32 Å². The molecule has 0 saturated heterocycles. The first-order chi connectivity index (χ1) is 9.51. The highest BCUT2D eigenvalue weighted by Gasteiger charge is 2.13. The van der Waals surface area contributed by atoms with E-state index in [0.717, 1.165) is 11.3 Å². The normalized spacial score (nSPS) is 10.6. The van der Waals surface area contributed by atoms with Crippen molar-refractivity contribution in [2.45, 2.75) is 27.0 Å². The summed E-state index contributed by atoms with van der Waals surface area (Å²) in [4.78, 5) is 11.9. The molecule has 1 heterocycles. The van der Waals surface area contributed by atoms with Crippen LogP contribution in [0.3, 0.4) is 0 Å². The number of amides is 1. The van der Waals surface area contributed by atoms with Crippen LogP contribution in [0, 0.1) is 19.7 Å². The third-order valence-corrected chi connectivity index (χ3v) is 3.09. The standard InChI is InChI=1S/C14H16FN3O2/c1-9-13(8-19)10(2)18(17-9)7-14(20)16-12-5-3-4-11(15)6-12/h3-6,19H,7-8H2,1-2H3,(H,16,20). The minimum absolute atomic E-state index is 0.0171. The Labute approximate surface area is 116 Å². The number of aromatic nitrogens is 2. The van der Waals surface area contributed by atoms with E-state index in [0.29, 0.717) is 11.4 Å². The number of carbonyl (C=O) groups excluding carboxylic acids is 1. The molecule has 0 radical (unpaired) electrons. The first-order valence-electron chi connectivity index (χ1n) is 6.20. The van der Waals surface area contributed by atoms with Gasteiger partial charge in [-0.3, -0.25) is 9.48 Å². The molecule has 20 heavy (non-hydrogen) atoms. The van der Waals surface area contributed by atoms with Gasteiger partial charge in [0, 0.05) is 16.9 Å². The van der Waals surface area contributed by atoms with Crippen molar-refractivity contribution in [3.05, 3.63) is 47.0 Å². The summed E-state index contributed by atoms with van der Waals surface area (Å²) < 4.78 is 14.5. The van der Waals surface area contributed by atoms with E-state index in [2.05, 4.69) is 10.4 Å². The number of nitrogens with one attached hydrogen (secondary N) is 1. The fraction of sp³-hybridized carbons (Fsp3) is 0.286. The van der Waals surface area contributed by atoms with E-state index in [1.165, 1.54) is 22.9 Å². The Balaban J connectivity index is 2.09. The van der Waals surface area contributed by atoms with Gasteiger partial charge in [0.25, 0.3) is 0 Å². The molecule has 0 aliphatic carbocycles. The number of benzene rings is 1. The van der Waals surface area contributed by atoms with Crippen LogP contribution in [0.1, 0.15) is 17.0 Å². The Morgan fingerprint density at radius 2 is 2.20 bits per heavy atom. The Hall–Kier alpha value is -2.21. The molecule has 0 bridgehead atoms. The molecule has 0 fully saturated rings. The lowest BCUT2D eigenvalue weighted by Crippen LogP contribution is -2.20. The van der Waals surface area contributed by atoms with E-state index < -0.39 is 5.82 Å². The molecule has 0 aliphatic rings. The van der Waals surface area contributed by atoms with Crippen molar-refractivity contribution >= 4 is 11.6 Å². The van der Waals surface area contributed by atoms with Crippen LogP contribution in [0.2, 0.25) is 0 Å². The molecule has 2 aromatic rings. The molecule has 6 heteroatoms. The molecule has 1 aromatic heterocycles. The summed E-state index contributed by atoms with van der Waals surface area (Å²) in [5.74, 6) is -0.706. The van der Waals surface area contributed by atoms with Crippen LogP contribution in [0.25, 0.3) is 0 Å². The van der Waals surface area contributed by atoms with Crippen molar-refractivity contribution < 1.29 is 14.3 Å². The topological polar surface area (TPSA) is 67.2 Å². The molecular formula is C14H16FN3O2. The summed E-state index contributed by atoms with van der Waals surface area (Å²) in [7, 11) is 0. The van der Waals surface area contributed by atoms with Crippen LogP contribution in [0.5, 0.6) is 0 Å². The fourth-order valence-electron chi connectivity index (χ4n) is 2.02. The minimum atomic E-state index is -0.406. The lowest BCUT2D eigenvalue weighted by molar-refractivity contribution is -0.116. The molecule has 0 atom stereocenters. The molecule has 0 unspecified atom stereocenters. The molecule has 5 nitrogen and oxygen atoms in total. The SMILES string of the molecule is Cc1nn(CC(=O)Nc2cccc(F)c2)c(C)c1CO. The number of hydrogen-bond donors (Lipinski definition) is 2. The van der Waals surface area contributed by atoms with Gasteiger partial charge in [-0.2, -0.15) is 5.10 Å². The maximum absolute atomic E-state index is 13.0. The van der Waals surface area contributed by atoms with Gasteiger partial charge in [-0.15, -0.1) is 0 Å². The van der Waals surface area contributed by atoms with Gasteiger partial charge in [-0.1, -0.05) is 6.07 Å². The van der Waals surface area contributed by atoms with E-state index in [-0.39, 0.29) is 19.1 Å². The average molecular weight is 277 g/mol. The van der Waals surface area contributed by atoms with Gasteiger partial charge in [-0.05, 0) is 32.0 Å². The third-order valence-electron chi connectivity index (χ3n) is 3.09. The van der Waals surface area contributed by atoms with Crippen LogP contribution in [0.4, 0.5) is 10.1 Å². The second-order valence-electron chi connectivity index (χ2n) is 4.52. The zero-order chi connectivity index (χ0) is 14.7. The molecule has 1 amide bonds. The zero-order valence-electron chi connectivity index (χ0n) is 11.4. The third kappa shape index (κ3) is 3.03. The number of nitrogens with zero attached hydrogens (tertiary/aromatic N) is 2. The molecule has 0 saturated carbocycles. The van der Waals surface area contributed by atoms with Gasteiger partial charge in [0.15, 0.2) is 0 Å². The van der Waals surface area contributed by atoms with Crippen molar-refractivity contribution in [3.8, 4) is 0 Å². The molecule has 106 valence electrons. The number of aliphatic hydroxyl groups excluding tert-OH is 1. The van der Waals surface area contributed by atoms with Crippen LogP contribution in [-0.4, -0.2) is 20.8 Å². The quantitative estimate of drug-likeness (QED) is 0.895. The van der Waals surface area contributed by atoms with Crippen LogP contribution in [0.15, 0.2) is 24.3 Å². The van der Waals surface area contributed by atoms with E-state index in [4.69, 9.17) is 0 Å². The Bertz CT molecular complexity index is 637. The van der Waals surface area contributed by atoms with Gasteiger partial charge >= 0.3 is 0 Å². The van der Waals surface area contributed by atoms with Crippen molar-refractivity contribution in [2.24, 2.45) is 0 Å². The van der Waals surface area contributed by atoms with Gasteiger partial charge in [-0.25, -0.2) is 4.39 Å². The number of halogens is 1. The first-order valence-corrected chi connectivity index (χ1v) is 6.20. The number of hydrogen-bond acceptors (Lipinski definition) is 3. The predicted octanol–water partition coefficient (Wildman–Crippen LogP) is 1.77. The van der Waals surface area contributed by atoms with Gasteiger partial charge < -0.3 is 10.4 Å². The summed E-state index contributed by atoms with van der Waals surface area (Å²) in [6.45, 7) is 3.48. The van der Waals surface area contributed by atoms with Gasteiger partial charge in [0.2, 0.25) is 5.91 Å². The van der Waals surface area contributed by atoms with E-state index in [1.54, 1.807) is 19.9 Å². The molecule has 2 rings (SSSR count). The molecule has 1 aromatic carbocycles. The van der Waals surface area contributed by atoms with Crippen LogP contribution >= 0.6 is 0 Å². The summed E-state index contributed by atoms with van der Waals surface area (Å²) in [5, 5.41) is 16.0. The summed E-state index contributed by atoms with van der Waals surface area (Å²) in [6, 6.07) is 5.70. The molecule has 0 aliphatic heterocycles. The fourth-order valence-corrected chi connectivity index (χ4v) is 2.02. The van der Waals surface area contributed by atoms with Crippen molar-refractivity contribution in [3.63, 3.8) is 0 Å². The van der Waals surface area contributed by atoms with Crippen LogP contribution in [-0.2, 0) is 17.9 Å². The van der Waals surface area contributed by atoms with Crippen molar-refractivity contribution in [1.29, 1.82) is 0 Å². The predicted molar refractivity (Wildman–Crippen MR) is 72.7 cm³/mol. The van der Waals surface area contributed by atoms with Gasteiger partial charge in [0.05, 0.1) is 12.3 Å². The zero-order valence-corrected chi connectivity index (χ0v) is 11.4. The number of anilines is 1. The number of aryl methyl sites for hydroxylation is 1. The molecular weight excluding hydrogens is 261 g/mol. The summed E-state index contributed by atoms with van der Waals surface area (Å²) in [5.41, 5.74) is 2.57. The first kappa shape index (κ1) is 14.2. The second kappa shape index (κ2) is 5.83. The smallest absolute Gasteiger partial charge is 0.246 e. The number of rotatable bonds is 4. The monoisotopic (exact) mass is 277 g/mol. The van der Waals surface area contributed by atoms with E-state index >= 15 is 0 Å². The summed E-state index contributed by atoms with van der Waals surface area (Å²) >= 11 is 0. The average Bonchev–Trinajstić information content (AvgIpc) is 2.63. The Kier molecular flexibility index (Phi) is 4.14. The van der Waals surface area contributed by atoms with E-state index in [1.807, 2.05) is 0 Å². The largest absolute Gasteiger partial charge is 0.392 e. The maximum atomic E-state index is 13.0. The lowest BCUT2D eigenvalue weighted by Gasteiger charge is -2.07. The highest BCUT2D eigenvalue weighted by Crippen LogP contribution is 2.13. The van der Waals surface area contributed by atoms with E-state index in [9.17, 15) is 14.3 Å². The number of carbonyl (C=O) groups is 1. The lowest BCUT2D eigenvalue weighted by atomic mass is 10.2. The minimum Gasteiger partial charge on any atom is -0.392 e. The Morgan fingerprint density at radius 1 is 1.45 bits per heavy atom. The number of aliphatic hydroxyl groups is 1. The maximum Gasteiger partial charge on any atom is 0.246 e. The van der Waals surface area contributed by atoms with Crippen molar-refractivity contribution in [1.82, 2.24) is 9.78 Å². The highest BCUT2D eigenvalue weighted by atomic mass is 19.1. The molecule has 0 spiro atoms. The molecule has 2 N–H and O–H groups in total. The van der Waals surface area contributed by atoms with Gasteiger partial charge in [0.1, 0.15) is 12.4 Å².